The Bertz CT molecular complexity index is 1490. The average Bonchev–Trinajstić information content (AvgIpc) is 3.77. The molecule has 8 nitrogen and oxygen atoms in total. The minimum absolute atomic E-state index is 0.0101. The molecule has 1 saturated carbocycles. The van der Waals surface area contributed by atoms with E-state index < -0.39 is 35.4 Å². The summed E-state index contributed by atoms with van der Waals surface area (Å²) in [6.45, 7) is -0.0486. The summed E-state index contributed by atoms with van der Waals surface area (Å²) in [4.78, 5) is 27.7. The smallest absolute Gasteiger partial charge is 0.322 e. The van der Waals surface area contributed by atoms with Gasteiger partial charge in [0.25, 0.3) is 0 Å². The Morgan fingerprint density at radius 2 is 1.95 bits per heavy atom. The predicted octanol–water partition coefficient (Wildman–Crippen LogP) is 5.77. The lowest BCUT2D eigenvalue weighted by Gasteiger charge is -2.33. The molecule has 2 aromatic carbocycles. The average molecular weight is 590 g/mol. The van der Waals surface area contributed by atoms with Crippen molar-refractivity contribution in [2.24, 2.45) is 11.7 Å². The van der Waals surface area contributed by atoms with E-state index in [9.17, 15) is 20.0 Å². The number of anilines is 2. The maximum atomic E-state index is 15.1. The summed E-state index contributed by atoms with van der Waals surface area (Å²) in [6, 6.07) is 11.5. The van der Waals surface area contributed by atoms with E-state index in [0.717, 1.165) is 24.8 Å². The number of allylic oxidation sites excluding steroid dienone is 5. The van der Waals surface area contributed by atoms with Gasteiger partial charge in [-0.15, -0.1) is 0 Å². The highest BCUT2D eigenvalue weighted by atomic mass is 35.5. The van der Waals surface area contributed by atoms with Crippen LogP contribution in [0.5, 0.6) is 0 Å². The van der Waals surface area contributed by atoms with Crippen molar-refractivity contribution >= 4 is 34.9 Å². The molecule has 1 unspecified atom stereocenters. The second-order valence-corrected chi connectivity index (χ2v) is 11.6. The maximum Gasteiger partial charge on any atom is 0.322 e. The van der Waals surface area contributed by atoms with Crippen molar-refractivity contribution in [2.75, 3.05) is 17.2 Å². The van der Waals surface area contributed by atoms with Crippen molar-refractivity contribution in [3.63, 3.8) is 0 Å². The molecule has 0 radical (unpaired) electrons. The Morgan fingerprint density at radius 1 is 1.19 bits per heavy atom. The fourth-order valence-electron chi connectivity index (χ4n) is 5.50. The van der Waals surface area contributed by atoms with Gasteiger partial charge in [0.15, 0.2) is 0 Å². The SMILES string of the molecule is N#CC1=CCC(C(N)(CCC2CC2)c2ccc(F)c(NC(=O)[C@@H]3C[C@H](O)CN3C(=O)Nc3ccc(Cl)cc3)c2)=CC=C1. The minimum Gasteiger partial charge on any atom is -0.391 e. The molecule has 0 aromatic heterocycles. The highest BCUT2D eigenvalue weighted by molar-refractivity contribution is 6.30. The standard InChI is InChI=1S/C32H33ClFN5O3/c33-24-9-11-25(12-10-24)37-31(42)39-19-26(40)17-29(39)30(41)38-28-16-23(8-13-27(28)34)32(36,15-14-20-4-5-20)22-3-1-2-21(18-35)6-7-22/h1-3,6,8-13,16,20,26,29,40H,4-5,7,14-15,17,19,36H2,(H,37,42)(H,38,41)/t26-,29-,32?/m0/s1. The number of halogens is 2. The van der Waals surface area contributed by atoms with Crippen LogP contribution in [0.1, 0.15) is 44.1 Å². The number of benzene rings is 2. The van der Waals surface area contributed by atoms with Crippen LogP contribution in [0.2, 0.25) is 5.02 Å². The number of likely N-dealkylation sites (tertiary alicyclic amines) is 1. The van der Waals surface area contributed by atoms with Crippen LogP contribution in [-0.2, 0) is 10.3 Å². The van der Waals surface area contributed by atoms with Gasteiger partial charge >= 0.3 is 6.03 Å². The van der Waals surface area contributed by atoms with Crippen LogP contribution >= 0.6 is 11.6 Å². The van der Waals surface area contributed by atoms with Gasteiger partial charge in [0, 0.05) is 29.2 Å². The van der Waals surface area contributed by atoms with E-state index in [0.29, 0.717) is 40.6 Å². The van der Waals surface area contributed by atoms with E-state index in [1.807, 2.05) is 12.2 Å². The fourth-order valence-corrected chi connectivity index (χ4v) is 5.62. The molecule has 10 heteroatoms. The number of nitrogens with zero attached hydrogens (tertiary/aromatic N) is 2. The monoisotopic (exact) mass is 589 g/mol. The van der Waals surface area contributed by atoms with Gasteiger partial charge in [0.2, 0.25) is 5.91 Å². The van der Waals surface area contributed by atoms with Crippen molar-refractivity contribution < 1.29 is 19.1 Å². The molecule has 2 fully saturated rings. The molecule has 0 bridgehead atoms. The van der Waals surface area contributed by atoms with E-state index in [1.165, 1.54) is 11.0 Å². The molecule has 3 atom stereocenters. The number of amides is 3. The Kier molecular flexibility index (Phi) is 8.78. The van der Waals surface area contributed by atoms with E-state index in [1.54, 1.807) is 48.6 Å². The number of hydrogen-bond acceptors (Lipinski definition) is 5. The predicted molar refractivity (Wildman–Crippen MR) is 160 cm³/mol. The summed E-state index contributed by atoms with van der Waals surface area (Å²) >= 11 is 5.92. The number of carbonyl (C=O) groups excluding carboxylic acids is 2. The maximum absolute atomic E-state index is 15.1. The number of urea groups is 1. The first-order valence-corrected chi connectivity index (χ1v) is 14.4. The van der Waals surface area contributed by atoms with Gasteiger partial charge in [-0.05, 0) is 78.8 Å². The second-order valence-electron chi connectivity index (χ2n) is 11.2. The Hall–Kier alpha value is -3.97. The van der Waals surface area contributed by atoms with Crippen LogP contribution in [-0.4, -0.2) is 40.6 Å². The van der Waals surface area contributed by atoms with Gasteiger partial charge in [0.05, 0.1) is 23.4 Å². The highest BCUT2D eigenvalue weighted by Gasteiger charge is 2.40. The molecule has 1 aliphatic heterocycles. The molecular weight excluding hydrogens is 557 g/mol. The third kappa shape index (κ3) is 6.73. The van der Waals surface area contributed by atoms with Crippen molar-refractivity contribution in [3.05, 3.63) is 94.3 Å². The Balaban J connectivity index is 1.37. The van der Waals surface area contributed by atoms with Crippen molar-refractivity contribution in [1.82, 2.24) is 4.90 Å². The van der Waals surface area contributed by atoms with Crippen LogP contribution < -0.4 is 16.4 Å². The van der Waals surface area contributed by atoms with Gasteiger partial charge < -0.3 is 26.4 Å². The summed E-state index contributed by atoms with van der Waals surface area (Å²) in [5.74, 6) is -0.653. The number of carbonyl (C=O) groups is 2. The molecule has 2 aliphatic carbocycles. The van der Waals surface area contributed by atoms with Gasteiger partial charge in [-0.3, -0.25) is 4.79 Å². The summed E-state index contributed by atoms with van der Waals surface area (Å²) in [7, 11) is 0. The van der Waals surface area contributed by atoms with Gasteiger partial charge in [-0.1, -0.05) is 48.7 Å². The first-order chi connectivity index (χ1) is 20.2. The number of β-amino-alcohol motifs (C(OH)–C–C–N with tert-alkyl or cyclic N) is 1. The minimum atomic E-state index is -1.02. The zero-order valence-electron chi connectivity index (χ0n) is 23.0. The summed E-state index contributed by atoms with van der Waals surface area (Å²) < 4.78 is 15.1. The van der Waals surface area contributed by atoms with Crippen LogP contribution in [0.4, 0.5) is 20.6 Å². The molecular formula is C32H33ClFN5O3. The van der Waals surface area contributed by atoms with Gasteiger partial charge in [-0.2, -0.15) is 5.26 Å². The highest BCUT2D eigenvalue weighted by Crippen LogP contribution is 2.42. The number of aliphatic hydroxyl groups is 1. The van der Waals surface area contributed by atoms with E-state index in [4.69, 9.17) is 17.3 Å². The van der Waals surface area contributed by atoms with Crippen LogP contribution in [0.15, 0.2) is 77.9 Å². The van der Waals surface area contributed by atoms with E-state index >= 15 is 4.39 Å². The summed E-state index contributed by atoms with van der Waals surface area (Å²) in [6.07, 6.45) is 10.7. The van der Waals surface area contributed by atoms with Crippen molar-refractivity contribution in [2.45, 2.75) is 56.2 Å². The Morgan fingerprint density at radius 3 is 2.67 bits per heavy atom. The zero-order chi connectivity index (χ0) is 29.9. The lowest BCUT2D eigenvalue weighted by Crippen LogP contribution is -2.45. The van der Waals surface area contributed by atoms with E-state index in [-0.39, 0.29) is 18.7 Å². The summed E-state index contributed by atoms with van der Waals surface area (Å²) in [5, 5.41) is 25.5. The number of hydrogen-bond donors (Lipinski definition) is 4. The van der Waals surface area contributed by atoms with Crippen molar-refractivity contribution in [3.8, 4) is 6.07 Å². The molecule has 5 N–H and O–H groups in total. The number of nitrogens with one attached hydrogen (secondary N) is 2. The third-order valence-electron chi connectivity index (χ3n) is 8.14. The number of nitrogens with two attached hydrogens (primary N) is 1. The first-order valence-electron chi connectivity index (χ1n) is 14.1. The molecule has 0 spiro atoms. The number of nitriles is 1. The lowest BCUT2D eigenvalue weighted by atomic mass is 9.77. The first kappa shape index (κ1) is 29.5. The second kappa shape index (κ2) is 12.5. The van der Waals surface area contributed by atoms with Gasteiger partial charge in [-0.25, -0.2) is 9.18 Å². The molecule has 5 rings (SSSR count). The molecule has 2 aromatic rings. The molecule has 1 heterocycles. The molecule has 218 valence electrons. The fraction of sp³-hybridized carbons (Fsp3) is 0.344. The lowest BCUT2D eigenvalue weighted by molar-refractivity contribution is -0.119. The zero-order valence-corrected chi connectivity index (χ0v) is 23.8. The van der Waals surface area contributed by atoms with Crippen LogP contribution in [0.3, 0.4) is 0 Å². The molecule has 3 amide bonds. The summed E-state index contributed by atoms with van der Waals surface area (Å²) in [5.41, 5.74) is 8.65. The Labute approximate surface area is 249 Å². The van der Waals surface area contributed by atoms with Gasteiger partial charge in [0.1, 0.15) is 11.9 Å². The topological polar surface area (TPSA) is 131 Å². The normalized spacial score (nSPS) is 21.5. The van der Waals surface area contributed by atoms with Crippen LogP contribution in [0, 0.1) is 23.1 Å². The quantitative estimate of drug-likeness (QED) is 0.311. The third-order valence-corrected chi connectivity index (χ3v) is 8.39. The molecule has 42 heavy (non-hydrogen) atoms. The molecule has 3 aliphatic rings. The largest absolute Gasteiger partial charge is 0.391 e. The number of aliphatic hydroxyl groups excluding tert-OH is 1. The molecule has 1 saturated heterocycles. The van der Waals surface area contributed by atoms with Crippen molar-refractivity contribution in [1.29, 1.82) is 5.26 Å². The van der Waals surface area contributed by atoms with E-state index in [2.05, 4.69) is 16.7 Å². The number of rotatable bonds is 8. The van der Waals surface area contributed by atoms with Crippen LogP contribution in [0.25, 0.3) is 0 Å².